The summed E-state index contributed by atoms with van der Waals surface area (Å²) in [6, 6.07) is 12.5. The van der Waals surface area contributed by atoms with Crippen LogP contribution in [0.2, 0.25) is 0 Å². The number of halogens is 1. The number of aryl methyl sites for hydroxylation is 1. The smallest absolute Gasteiger partial charge is 0.254 e. The first-order valence-corrected chi connectivity index (χ1v) is 11.7. The Labute approximate surface area is 197 Å². The molecule has 1 aromatic heterocycles. The number of likely N-dealkylation sites (tertiary alicyclic amines) is 1. The van der Waals surface area contributed by atoms with E-state index in [2.05, 4.69) is 40.7 Å². The fraction of sp³-hybridized carbons (Fsp3) is 0.385. The molecule has 2 saturated heterocycles. The highest BCUT2D eigenvalue weighted by Crippen LogP contribution is 2.34. The molecule has 0 radical (unpaired) electrons. The van der Waals surface area contributed by atoms with E-state index < -0.39 is 11.5 Å². The van der Waals surface area contributed by atoms with Crippen molar-refractivity contribution in [2.45, 2.75) is 25.5 Å². The number of morpholine rings is 1. The molecule has 2 fully saturated rings. The summed E-state index contributed by atoms with van der Waals surface area (Å²) in [7, 11) is 0. The van der Waals surface area contributed by atoms with Crippen LogP contribution in [0.4, 0.5) is 4.39 Å². The maximum Gasteiger partial charge on any atom is 0.254 e. The SMILES string of the molecule is Cc1ccc2[nH]cc(CCNC(=O)[C@H]3CN(Cc4ccc(F)cc4)C[C@@]34OCCNC4=O)c2c1. The molecule has 0 aliphatic carbocycles. The average Bonchev–Trinajstić information content (AvgIpc) is 3.39. The highest BCUT2D eigenvalue weighted by molar-refractivity contribution is 5.94. The Balaban J connectivity index is 1.28. The molecule has 5 rings (SSSR count). The van der Waals surface area contributed by atoms with E-state index in [1.165, 1.54) is 17.7 Å². The Bertz CT molecular complexity index is 1210. The lowest BCUT2D eigenvalue weighted by molar-refractivity contribution is -0.163. The van der Waals surface area contributed by atoms with Crippen molar-refractivity contribution in [3.05, 3.63) is 71.2 Å². The number of hydrogen-bond donors (Lipinski definition) is 3. The first kappa shape index (κ1) is 22.6. The van der Waals surface area contributed by atoms with Crippen molar-refractivity contribution in [2.24, 2.45) is 5.92 Å². The standard InChI is InChI=1S/C26H29FN4O3/c1-17-2-7-23-21(12-17)19(13-30-23)8-9-28-24(32)22-15-31(14-18-3-5-20(27)6-4-18)16-26(22)25(33)29-10-11-34-26/h2-7,12-13,22,30H,8-11,14-16H2,1H3,(H,28,32)(H,29,33)/t22-,26-/m1/s1. The topological polar surface area (TPSA) is 86.5 Å². The Hall–Kier alpha value is -3.23. The van der Waals surface area contributed by atoms with Gasteiger partial charge in [0.05, 0.1) is 12.5 Å². The van der Waals surface area contributed by atoms with Crippen molar-refractivity contribution in [1.82, 2.24) is 20.5 Å². The number of nitrogens with zero attached hydrogens (tertiary/aromatic N) is 1. The van der Waals surface area contributed by atoms with Gasteiger partial charge in [0.25, 0.3) is 5.91 Å². The number of nitrogens with one attached hydrogen (secondary N) is 3. The van der Waals surface area contributed by atoms with Crippen molar-refractivity contribution in [2.75, 3.05) is 32.8 Å². The molecule has 34 heavy (non-hydrogen) atoms. The van der Waals surface area contributed by atoms with E-state index in [4.69, 9.17) is 4.74 Å². The lowest BCUT2D eigenvalue weighted by atomic mass is 9.87. The van der Waals surface area contributed by atoms with Gasteiger partial charge in [-0.05, 0) is 48.7 Å². The molecule has 7 nitrogen and oxygen atoms in total. The van der Waals surface area contributed by atoms with Gasteiger partial charge in [-0.2, -0.15) is 0 Å². The van der Waals surface area contributed by atoms with Gasteiger partial charge >= 0.3 is 0 Å². The second kappa shape index (κ2) is 9.19. The highest BCUT2D eigenvalue weighted by Gasteiger charge is 2.57. The average molecular weight is 465 g/mol. The molecule has 3 heterocycles. The first-order chi connectivity index (χ1) is 16.4. The predicted molar refractivity (Wildman–Crippen MR) is 127 cm³/mol. The summed E-state index contributed by atoms with van der Waals surface area (Å²) < 4.78 is 19.3. The van der Waals surface area contributed by atoms with E-state index in [9.17, 15) is 14.0 Å². The van der Waals surface area contributed by atoms with E-state index in [0.717, 1.165) is 22.0 Å². The van der Waals surface area contributed by atoms with Crippen LogP contribution in [0.15, 0.2) is 48.7 Å². The minimum atomic E-state index is -1.21. The molecular weight excluding hydrogens is 435 g/mol. The Morgan fingerprint density at radius 2 is 2.09 bits per heavy atom. The molecule has 178 valence electrons. The second-order valence-corrected chi connectivity index (χ2v) is 9.25. The number of aromatic amines is 1. The van der Waals surface area contributed by atoms with Crippen molar-refractivity contribution in [1.29, 1.82) is 0 Å². The maximum atomic E-state index is 13.3. The van der Waals surface area contributed by atoms with Gasteiger partial charge in [0.2, 0.25) is 5.91 Å². The number of carbonyl (C=O) groups excluding carboxylic acids is 2. The van der Waals surface area contributed by atoms with Crippen LogP contribution in [0.5, 0.6) is 0 Å². The number of ether oxygens (including phenoxy) is 1. The highest BCUT2D eigenvalue weighted by atomic mass is 19.1. The molecule has 2 aliphatic heterocycles. The van der Waals surface area contributed by atoms with Gasteiger partial charge in [-0.3, -0.25) is 14.5 Å². The number of amides is 2. The third-order valence-corrected chi connectivity index (χ3v) is 6.85. The number of hydrogen-bond acceptors (Lipinski definition) is 4. The largest absolute Gasteiger partial charge is 0.361 e. The Morgan fingerprint density at radius 1 is 1.26 bits per heavy atom. The first-order valence-electron chi connectivity index (χ1n) is 11.7. The van der Waals surface area contributed by atoms with Gasteiger partial charge in [-0.25, -0.2) is 4.39 Å². The lowest BCUT2D eigenvalue weighted by Gasteiger charge is -2.36. The van der Waals surface area contributed by atoms with Crippen LogP contribution in [-0.4, -0.2) is 60.1 Å². The van der Waals surface area contributed by atoms with Gasteiger partial charge < -0.3 is 20.4 Å². The molecular formula is C26H29FN4O3. The zero-order valence-corrected chi connectivity index (χ0v) is 19.2. The molecule has 8 heteroatoms. The number of benzene rings is 2. The van der Waals surface area contributed by atoms with Crippen LogP contribution < -0.4 is 10.6 Å². The van der Waals surface area contributed by atoms with Crippen LogP contribution in [0.1, 0.15) is 16.7 Å². The summed E-state index contributed by atoms with van der Waals surface area (Å²) in [4.78, 5) is 31.5. The van der Waals surface area contributed by atoms with E-state index in [1.807, 2.05) is 11.1 Å². The minimum absolute atomic E-state index is 0.185. The zero-order chi connectivity index (χ0) is 23.7. The molecule has 0 saturated carbocycles. The summed E-state index contributed by atoms with van der Waals surface area (Å²) in [5, 5.41) is 7.07. The van der Waals surface area contributed by atoms with Crippen LogP contribution in [0, 0.1) is 18.7 Å². The molecule has 3 N–H and O–H groups in total. The second-order valence-electron chi connectivity index (χ2n) is 9.25. The number of H-pyrrole nitrogens is 1. The van der Waals surface area contributed by atoms with Crippen LogP contribution in [0.3, 0.4) is 0 Å². The van der Waals surface area contributed by atoms with E-state index in [-0.39, 0.29) is 17.6 Å². The van der Waals surface area contributed by atoms with E-state index in [0.29, 0.717) is 45.8 Å². The number of carbonyl (C=O) groups is 2. The molecule has 2 aromatic carbocycles. The summed E-state index contributed by atoms with van der Waals surface area (Å²) in [5.74, 6) is -1.35. The van der Waals surface area contributed by atoms with Gasteiger partial charge in [-0.15, -0.1) is 0 Å². The van der Waals surface area contributed by atoms with E-state index >= 15 is 0 Å². The zero-order valence-electron chi connectivity index (χ0n) is 19.2. The summed E-state index contributed by atoms with van der Waals surface area (Å²) in [5.41, 5.74) is 3.12. The summed E-state index contributed by atoms with van der Waals surface area (Å²) in [6.07, 6.45) is 2.66. The van der Waals surface area contributed by atoms with Crippen LogP contribution >= 0.6 is 0 Å². The van der Waals surface area contributed by atoms with Gasteiger partial charge in [0, 0.05) is 49.8 Å². The fourth-order valence-corrected chi connectivity index (χ4v) is 5.11. The molecule has 2 amide bonds. The lowest BCUT2D eigenvalue weighted by Crippen LogP contribution is -2.62. The van der Waals surface area contributed by atoms with Crippen LogP contribution in [-0.2, 0) is 27.3 Å². The number of rotatable bonds is 6. The number of fused-ring (bicyclic) bond motifs is 1. The molecule has 0 bridgehead atoms. The molecule has 1 spiro atoms. The van der Waals surface area contributed by atoms with Crippen molar-refractivity contribution >= 4 is 22.7 Å². The molecule has 2 atom stereocenters. The van der Waals surface area contributed by atoms with Gasteiger partial charge in [0.1, 0.15) is 5.82 Å². The van der Waals surface area contributed by atoms with Crippen molar-refractivity contribution < 1.29 is 18.7 Å². The van der Waals surface area contributed by atoms with E-state index in [1.54, 1.807) is 12.1 Å². The Kier molecular flexibility index (Phi) is 6.10. The Morgan fingerprint density at radius 3 is 2.88 bits per heavy atom. The van der Waals surface area contributed by atoms with Gasteiger partial charge in [-0.1, -0.05) is 23.8 Å². The summed E-state index contributed by atoms with van der Waals surface area (Å²) in [6.45, 7) is 4.55. The molecule has 3 aromatic rings. The minimum Gasteiger partial charge on any atom is -0.361 e. The third-order valence-electron chi connectivity index (χ3n) is 6.85. The summed E-state index contributed by atoms with van der Waals surface area (Å²) >= 11 is 0. The van der Waals surface area contributed by atoms with Crippen molar-refractivity contribution in [3.63, 3.8) is 0 Å². The molecule has 0 unspecified atom stereocenters. The van der Waals surface area contributed by atoms with Crippen LogP contribution in [0.25, 0.3) is 10.9 Å². The number of aromatic nitrogens is 1. The van der Waals surface area contributed by atoms with Crippen molar-refractivity contribution in [3.8, 4) is 0 Å². The fourth-order valence-electron chi connectivity index (χ4n) is 5.11. The maximum absolute atomic E-state index is 13.3. The van der Waals surface area contributed by atoms with Gasteiger partial charge in [0.15, 0.2) is 5.60 Å². The third kappa shape index (κ3) is 4.31. The molecule has 2 aliphatic rings. The quantitative estimate of drug-likeness (QED) is 0.523. The predicted octanol–water partition coefficient (Wildman–Crippen LogP) is 2.29. The monoisotopic (exact) mass is 464 g/mol. The normalized spacial score (nSPS) is 22.9.